The van der Waals surface area contributed by atoms with Crippen molar-refractivity contribution in [3.05, 3.63) is 46.1 Å². The SMILES string of the molecule is Cc1cc(N2CCN(CC(F)(F)F)C(C)C2)nc(-c2cccc([N+](=O)[O-])c2)n1. The van der Waals surface area contributed by atoms with Gasteiger partial charge < -0.3 is 4.90 Å². The number of aromatic nitrogens is 2. The van der Waals surface area contributed by atoms with E-state index in [9.17, 15) is 23.3 Å². The van der Waals surface area contributed by atoms with Gasteiger partial charge in [0.2, 0.25) is 0 Å². The van der Waals surface area contributed by atoms with Crippen LogP contribution in [0.25, 0.3) is 11.4 Å². The molecule has 1 aliphatic heterocycles. The number of rotatable bonds is 4. The molecule has 0 spiro atoms. The molecule has 3 rings (SSSR count). The average Bonchev–Trinajstić information content (AvgIpc) is 2.62. The van der Waals surface area contributed by atoms with Gasteiger partial charge in [-0.05, 0) is 13.8 Å². The Bertz CT molecular complexity index is 875. The molecule has 1 fully saturated rings. The standard InChI is InChI=1S/C18H20F3N5O2/c1-12-8-16(24-6-7-25(13(2)10-24)11-18(19,20)21)23-17(22-12)14-4-3-5-15(9-14)26(27)28/h3-5,8-9,13H,6-7,10-11H2,1-2H3. The molecule has 1 atom stereocenters. The molecule has 1 unspecified atom stereocenters. The number of nitrogens with zero attached hydrogens (tertiary/aromatic N) is 5. The summed E-state index contributed by atoms with van der Waals surface area (Å²) in [6.45, 7) is 3.70. The fraction of sp³-hybridized carbons (Fsp3) is 0.444. The third-order valence-electron chi connectivity index (χ3n) is 4.63. The Kier molecular flexibility index (Phi) is 5.50. The lowest BCUT2D eigenvalue weighted by Gasteiger charge is -2.40. The maximum atomic E-state index is 12.7. The van der Waals surface area contributed by atoms with Crippen molar-refractivity contribution in [3.8, 4) is 11.4 Å². The van der Waals surface area contributed by atoms with Gasteiger partial charge in [-0.3, -0.25) is 15.0 Å². The van der Waals surface area contributed by atoms with Gasteiger partial charge in [0.1, 0.15) is 5.82 Å². The van der Waals surface area contributed by atoms with Crippen molar-refractivity contribution in [1.82, 2.24) is 14.9 Å². The van der Waals surface area contributed by atoms with E-state index in [1.165, 1.54) is 17.0 Å². The van der Waals surface area contributed by atoms with Crippen LogP contribution in [0, 0.1) is 17.0 Å². The Morgan fingerprint density at radius 3 is 2.64 bits per heavy atom. The summed E-state index contributed by atoms with van der Waals surface area (Å²) >= 11 is 0. The van der Waals surface area contributed by atoms with Crippen LogP contribution in [0.1, 0.15) is 12.6 Å². The Morgan fingerprint density at radius 2 is 2.00 bits per heavy atom. The minimum atomic E-state index is -4.23. The first-order valence-corrected chi connectivity index (χ1v) is 8.78. The summed E-state index contributed by atoms with van der Waals surface area (Å²) in [6, 6.07) is 7.54. The minimum Gasteiger partial charge on any atom is -0.354 e. The van der Waals surface area contributed by atoms with E-state index < -0.39 is 17.6 Å². The van der Waals surface area contributed by atoms with Crippen molar-refractivity contribution in [1.29, 1.82) is 0 Å². The second kappa shape index (κ2) is 7.70. The van der Waals surface area contributed by atoms with E-state index in [0.29, 0.717) is 36.0 Å². The number of nitro benzene ring substituents is 1. The largest absolute Gasteiger partial charge is 0.401 e. The van der Waals surface area contributed by atoms with E-state index in [1.807, 2.05) is 4.90 Å². The molecule has 7 nitrogen and oxygen atoms in total. The van der Waals surface area contributed by atoms with E-state index in [2.05, 4.69) is 9.97 Å². The van der Waals surface area contributed by atoms with Crippen LogP contribution in [0.5, 0.6) is 0 Å². The molecule has 0 saturated carbocycles. The number of alkyl halides is 3. The molecule has 1 aromatic heterocycles. The number of hydrogen-bond donors (Lipinski definition) is 0. The summed E-state index contributed by atoms with van der Waals surface area (Å²) in [7, 11) is 0. The van der Waals surface area contributed by atoms with Gasteiger partial charge >= 0.3 is 6.18 Å². The van der Waals surface area contributed by atoms with Gasteiger partial charge in [0.25, 0.3) is 5.69 Å². The average molecular weight is 395 g/mol. The predicted molar refractivity (Wildman–Crippen MR) is 98.2 cm³/mol. The number of nitro groups is 1. The minimum absolute atomic E-state index is 0.0569. The van der Waals surface area contributed by atoms with Gasteiger partial charge in [-0.25, -0.2) is 9.97 Å². The van der Waals surface area contributed by atoms with Crippen LogP contribution in [-0.4, -0.2) is 58.2 Å². The van der Waals surface area contributed by atoms with E-state index in [1.54, 1.807) is 32.0 Å². The molecule has 28 heavy (non-hydrogen) atoms. The van der Waals surface area contributed by atoms with Gasteiger partial charge in [-0.1, -0.05) is 12.1 Å². The zero-order chi connectivity index (χ0) is 20.5. The van der Waals surface area contributed by atoms with Crippen LogP contribution < -0.4 is 4.90 Å². The first-order valence-electron chi connectivity index (χ1n) is 8.78. The molecule has 2 heterocycles. The van der Waals surface area contributed by atoms with Crippen LogP contribution >= 0.6 is 0 Å². The molecule has 2 aromatic rings. The van der Waals surface area contributed by atoms with Crippen molar-refractivity contribution < 1.29 is 18.1 Å². The van der Waals surface area contributed by atoms with Gasteiger partial charge in [0, 0.05) is 55.1 Å². The van der Waals surface area contributed by atoms with Gasteiger partial charge in [-0.15, -0.1) is 0 Å². The third-order valence-corrected chi connectivity index (χ3v) is 4.63. The van der Waals surface area contributed by atoms with Crippen molar-refractivity contribution in [2.75, 3.05) is 31.1 Å². The lowest BCUT2D eigenvalue weighted by atomic mass is 10.1. The number of anilines is 1. The first-order chi connectivity index (χ1) is 13.1. The number of hydrogen-bond acceptors (Lipinski definition) is 6. The number of non-ortho nitro benzene ring substituents is 1. The summed E-state index contributed by atoms with van der Waals surface area (Å²) in [6.07, 6.45) is -4.23. The van der Waals surface area contributed by atoms with Gasteiger partial charge in [-0.2, -0.15) is 13.2 Å². The number of aryl methyl sites for hydroxylation is 1. The molecule has 1 saturated heterocycles. The topological polar surface area (TPSA) is 75.4 Å². The highest BCUT2D eigenvalue weighted by Gasteiger charge is 2.35. The summed E-state index contributed by atoms with van der Waals surface area (Å²) in [5, 5.41) is 11.0. The lowest BCUT2D eigenvalue weighted by Crippen LogP contribution is -2.54. The van der Waals surface area contributed by atoms with Crippen molar-refractivity contribution >= 4 is 11.5 Å². The zero-order valence-electron chi connectivity index (χ0n) is 15.5. The highest BCUT2D eigenvalue weighted by molar-refractivity contribution is 5.61. The normalized spacial score (nSPS) is 18.3. The van der Waals surface area contributed by atoms with Crippen LogP contribution in [0.15, 0.2) is 30.3 Å². The Morgan fingerprint density at radius 1 is 1.25 bits per heavy atom. The molecule has 0 amide bonds. The Labute approximate surface area is 160 Å². The van der Waals surface area contributed by atoms with E-state index in [0.717, 1.165) is 0 Å². The molecular weight excluding hydrogens is 375 g/mol. The molecule has 0 aliphatic carbocycles. The molecule has 1 aromatic carbocycles. The third kappa shape index (κ3) is 4.75. The van der Waals surface area contributed by atoms with E-state index in [-0.39, 0.29) is 18.3 Å². The fourth-order valence-corrected chi connectivity index (χ4v) is 3.27. The maximum Gasteiger partial charge on any atom is 0.401 e. The summed E-state index contributed by atoms with van der Waals surface area (Å²) in [5.74, 6) is 0.955. The van der Waals surface area contributed by atoms with Crippen molar-refractivity contribution in [2.45, 2.75) is 26.1 Å². The maximum absolute atomic E-state index is 12.7. The van der Waals surface area contributed by atoms with Crippen molar-refractivity contribution in [2.24, 2.45) is 0 Å². The van der Waals surface area contributed by atoms with Gasteiger partial charge in [0.15, 0.2) is 5.82 Å². The molecule has 0 bridgehead atoms. The number of benzene rings is 1. The van der Waals surface area contributed by atoms with Crippen LogP contribution in [0.3, 0.4) is 0 Å². The molecular formula is C18H20F3N5O2. The molecule has 0 radical (unpaired) electrons. The Hall–Kier alpha value is -2.75. The summed E-state index contributed by atoms with van der Waals surface area (Å²) in [5.41, 5.74) is 1.14. The van der Waals surface area contributed by atoms with E-state index in [4.69, 9.17) is 0 Å². The summed E-state index contributed by atoms with van der Waals surface area (Å²) in [4.78, 5) is 22.7. The smallest absolute Gasteiger partial charge is 0.354 e. The second-order valence-corrected chi connectivity index (χ2v) is 6.88. The molecule has 1 aliphatic rings. The van der Waals surface area contributed by atoms with Crippen LogP contribution in [0.2, 0.25) is 0 Å². The number of halogens is 3. The van der Waals surface area contributed by atoms with Gasteiger partial charge in [0.05, 0.1) is 11.5 Å². The fourth-order valence-electron chi connectivity index (χ4n) is 3.27. The molecule has 10 heteroatoms. The Balaban J connectivity index is 1.83. The highest BCUT2D eigenvalue weighted by Crippen LogP contribution is 2.26. The predicted octanol–water partition coefficient (Wildman–Crippen LogP) is 3.43. The van der Waals surface area contributed by atoms with Crippen LogP contribution in [-0.2, 0) is 0 Å². The monoisotopic (exact) mass is 395 g/mol. The first kappa shape index (κ1) is 20.0. The molecule has 0 N–H and O–H groups in total. The lowest BCUT2D eigenvalue weighted by molar-refractivity contribution is -0.384. The quantitative estimate of drug-likeness (QED) is 0.583. The summed E-state index contributed by atoms with van der Waals surface area (Å²) < 4.78 is 38.1. The van der Waals surface area contributed by atoms with E-state index >= 15 is 0 Å². The number of piperazine rings is 1. The zero-order valence-corrected chi connectivity index (χ0v) is 15.5. The highest BCUT2D eigenvalue weighted by atomic mass is 19.4. The molecule has 150 valence electrons. The van der Waals surface area contributed by atoms with Crippen molar-refractivity contribution in [3.63, 3.8) is 0 Å². The van der Waals surface area contributed by atoms with Crippen LogP contribution in [0.4, 0.5) is 24.7 Å². The second-order valence-electron chi connectivity index (χ2n) is 6.88.